The Morgan fingerprint density at radius 1 is 1.27 bits per heavy atom. The van der Waals surface area contributed by atoms with Crippen LogP contribution in [-0.2, 0) is 29.0 Å². The minimum absolute atomic E-state index is 0. The van der Waals surface area contributed by atoms with Gasteiger partial charge in [-0.3, -0.25) is 4.79 Å². The summed E-state index contributed by atoms with van der Waals surface area (Å²) in [6, 6.07) is 0. The second-order valence-electron chi connectivity index (χ2n) is 6.47. The van der Waals surface area contributed by atoms with Gasteiger partial charge in [0, 0.05) is 32.6 Å². The van der Waals surface area contributed by atoms with Gasteiger partial charge in [-0.25, -0.2) is 4.99 Å². The molecule has 2 aliphatic heterocycles. The normalized spacial score (nSPS) is 17.6. The van der Waals surface area contributed by atoms with Gasteiger partial charge in [0.2, 0.25) is 0 Å². The number of guanidine groups is 1. The molecule has 1 N–H and O–H groups in total. The molecule has 26 heavy (non-hydrogen) atoms. The second-order valence-corrected chi connectivity index (χ2v) is 6.47. The van der Waals surface area contributed by atoms with Gasteiger partial charge in [0.15, 0.2) is 11.8 Å². The number of fused-ring (bicyclic) bond motifs is 1. The third-order valence-corrected chi connectivity index (χ3v) is 4.81. The smallest absolute Gasteiger partial charge is 0.309 e. The molecule has 0 spiro atoms. The van der Waals surface area contributed by atoms with Gasteiger partial charge in [-0.1, -0.05) is 0 Å². The highest BCUT2D eigenvalue weighted by atomic mass is 127. The van der Waals surface area contributed by atoms with E-state index in [2.05, 4.69) is 31.9 Å². The van der Waals surface area contributed by atoms with Gasteiger partial charge >= 0.3 is 5.97 Å². The largest absolute Gasteiger partial charge is 0.466 e. The molecule has 3 rings (SSSR count). The summed E-state index contributed by atoms with van der Waals surface area (Å²) in [5, 5.41) is 11.9. The zero-order valence-electron chi connectivity index (χ0n) is 15.6. The van der Waals surface area contributed by atoms with Gasteiger partial charge < -0.3 is 19.5 Å². The molecule has 0 aromatic carbocycles. The lowest BCUT2D eigenvalue weighted by atomic mass is 9.97. The van der Waals surface area contributed by atoms with Crippen molar-refractivity contribution in [2.75, 3.05) is 26.2 Å². The van der Waals surface area contributed by atoms with E-state index < -0.39 is 0 Å². The fourth-order valence-corrected chi connectivity index (χ4v) is 3.49. The highest BCUT2D eigenvalue weighted by Crippen LogP contribution is 2.19. The molecule has 2 aliphatic rings. The Bertz CT molecular complexity index is 625. The van der Waals surface area contributed by atoms with Crippen LogP contribution in [0.2, 0.25) is 0 Å². The number of halogens is 1. The molecule has 1 saturated heterocycles. The van der Waals surface area contributed by atoms with E-state index in [1.807, 2.05) is 6.92 Å². The number of esters is 1. The first-order chi connectivity index (χ1) is 12.2. The number of carbonyl (C=O) groups is 1. The Balaban J connectivity index is 0.00000243. The molecule has 0 radical (unpaired) electrons. The molecule has 146 valence electrons. The van der Waals surface area contributed by atoms with Crippen LogP contribution < -0.4 is 5.32 Å². The number of carbonyl (C=O) groups excluding carboxylic acids is 1. The molecule has 0 atom stereocenters. The summed E-state index contributed by atoms with van der Waals surface area (Å²) >= 11 is 0. The molecule has 0 amide bonds. The molecule has 1 aromatic rings. The van der Waals surface area contributed by atoms with Crippen LogP contribution in [0.15, 0.2) is 4.99 Å². The fourth-order valence-electron chi connectivity index (χ4n) is 3.49. The average molecular weight is 476 g/mol. The zero-order chi connectivity index (χ0) is 17.6. The molecular formula is C17H29IN6O2. The topological polar surface area (TPSA) is 84.6 Å². The molecule has 9 heteroatoms. The van der Waals surface area contributed by atoms with Gasteiger partial charge in [-0.15, -0.1) is 34.2 Å². The van der Waals surface area contributed by atoms with Crippen molar-refractivity contribution in [3.05, 3.63) is 11.6 Å². The van der Waals surface area contributed by atoms with E-state index in [1.54, 1.807) is 0 Å². The maximum absolute atomic E-state index is 11.9. The predicted octanol–water partition coefficient (Wildman–Crippen LogP) is 1.58. The molecule has 3 heterocycles. The number of nitrogens with zero attached hydrogens (tertiary/aromatic N) is 5. The van der Waals surface area contributed by atoms with Crippen molar-refractivity contribution >= 4 is 35.9 Å². The zero-order valence-corrected chi connectivity index (χ0v) is 17.9. The summed E-state index contributed by atoms with van der Waals surface area (Å²) in [6.07, 6.45) is 3.77. The molecule has 8 nitrogen and oxygen atoms in total. The first-order valence-corrected chi connectivity index (χ1v) is 9.33. The summed E-state index contributed by atoms with van der Waals surface area (Å²) < 4.78 is 7.32. The van der Waals surface area contributed by atoms with Crippen LogP contribution in [0.25, 0.3) is 0 Å². The third-order valence-electron chi connectivity index (χ3n) is 4.81. The number of piperidine rings is 1. The van der Waals surface area contributed by atoms with Crippen LogP contribution in [0.1, 0.15) is 44.8 Å². The van der Waals surface area contributed by atoms with Crippen LogP contribution in [0.3, 0.4) is 0 Å². The van der Waals surface area contributed by atoms with E-state index in [9.17, 15) is 4.79 Å². The van der Waals surface area contributed by atoms with Crippen molar-refractivity contribution in [3.63, 3.8) is 0 Å². The van der Waals surface area contributed by atoms with Crippen molar-refractivity contribution < 1.29 is 9.53 Å². The van der Waals surface area contributed by atoms with E-state index in [1.165, 1.54) is 0 Å². The number of aliphatic imine (C=N–C) groups is 1. The van der Waals surface area contributed by atoms with E-state index in [4.69, 9.17) is 9.73 Å². The van der Waals surface area contributed by atoms with Crippen LogP contribution in [0.5, 0.6) is 0 Å². The summed E-state index contributed by atoms with van der Waals surface area (Å²) in [6.45, 7) is 8.34. The van der Waals surface area contributed by atoms with E-state index in [0.29, 0.717) is 13.2 Å². The first-order valence-electron chi connectivity index (χ1n) is 9.33. The van der Waals surface area contributed by atoms with Crippen LogP contribution in [0, 0.1) is 5.92 Å². The summed E-state index contributed by atoms with van der Waals surface area (Å²) in [5.74, 6) is 2.84. The van der Waals surface area contributed by atoms with Crippen molar-refractivity contribution in [1.82, 2.24) is 25.0 Å². The molecule has 1 aromatic heterocycles. The minimum Gasteiger partial charge on any atom is -0.466 e. The average Bonchev–Trinajstić information content (AvgIpc) is 3.23. The summed E-state index contributed by atoms with van der Waals surface area (Å²) in [5.41, 5.74) is 0. The van der Waals surface area contributed by atoms with Crippen LogP contribution in [0.4, 0.5) is 0 Å². The van der Waals surface area contributed by atoms with E-state index in [0.717, 1.165) is 69.5 Å². The number of ether oxygens (including phenoxy) is 1. The highest BCUT2D eigenvalue weighted by molar-refractivity contribution is 14.0. The molecule has 1 fully saturated rings. The van der Waals surface area contributed by atoms with Gasteiger partial charge in [0.25, 0.3) is 0 Å². The SMILES string of the molecule is CCNC(=NCc1nnc2n1CCC2)N1CCC(C(=O)OCC)CC1.I. The van der Waals surface area contributed by atoms with Crippen LogP contribution in [-0.4, -0.2) is 57.8 Å². The van der Waals surface area contributed by atoms with Crippen molar-refractivity contribution in [3.8, 4) is 0 Å². The highest BCUT2D eigenvalue weighted by Gasteiger charge is 2.27. The predicted molar refractivity (Wildman–Crippen MR) is 110 cm³/mol. The van der Waals surface area contributed by atoms with E-state index in [-0.39, 0.29) is 35.9 Å². The molecule has 0 aliphatic carbocycles. The van der Waals surface area contributed by atoms with Gasteiger partial charge in [0.1, 0.15) is 12.4 Å². The maximum Gasteiger partial charge on any atom is 0.309 e. The quantitative estimate of drug-likeness (QED) is 0.301. The Hall–Kier alpha value is -1.39. The molecular weight excluding hydrogens is 447 g/mol. The van der Waals surface area contributed by atoms with Crippen LogP contribution >= 0.6 is 24.0 Å². The Kier molecular flexibility index (Phi) is 8.11. The Labute approximate surface area is 171 Å². The van der Waals surface area contributed by atoms with Gasteiger partial charge in [-0.2, -0.15) is 0 Å². The Morgan fingerprint density at radius 2 is 2.04 bits per heavy atom. The number of aryl methyl sites for hydroxylation is 1. The van der Waals surface area contributed by atoms with Gasteiger partial charge in [0.05, 0.1) is 12.5 Å². The fraction of sp³-hybridized carbons (Fsp3) is 0.765. The Morgan fingerprint density at radius 3 is 2.73 bits per heavy atom. The lowest BCUT2D eigenvalue weighted by Crippen LogP contribution is -2.46. The number of hydrogen-bond acceptors (Lipinski definition) is 5. The summed E-state index contributed by atoms with van der Waals surface area (Å²) in [4.78, 5) is 18.9. The lowest BCUT2D eigenvalue weighted by molar-refractivity contribution is -0.149. The maximum atomic E-state index is 11.9. The molecule has 0 saturated carbocycles. The van der Waals surface area contributed by atoms with Gasteiger partial charge in [-0.05, 0) is 33.1 Å². The number of hydrogen-bond donors (Lipinski definition) is 1. The van der Waals surface area contributed by atoms with Crippen molar-refractivity contribution in [2.24, 2.45) is 10.9 Å². The minimum atomic E-state index is -0.0666. The van der Waals surface area contributed by atoms with Crippen molar-refractivity contribution in [1.29, 1.82) is 0 Å². The number of nitrogens with one attached hydrogen (secondary N) is 1. The van der Waals surface area contributed by atoms with E-state index >= 15 is 0 Å². The second kappa shape index (κ2) is 10.1. The summed E-state index contributed by atoms with van der Waals surface area (Å²) in [7, 11) is 0. The van der Waals surface area contributed by atoms with Crippen molar-refractivity contribution in [2.45, 2.75) is 52.6 Å². The number of likely N-dealkylation sites (tertiary alicyclic amines) is 1. The standard InChI is InChI=1S/C17H28N6O2.HI/c1-3-18-17(19-12-15-21-20-14-6-5-9-23(14)15)22-10-7-13(8-11-22)16(24)25-4-2;/h13H,3-12H2,1-2H3,(H,18,19);1H. The first kappa shape index (κ1) is 20.9. The molecule has 0 unspecified atom stereocenters. The lowest BCUT2D eigenvalue weighted by Gasteiger charge is -2.33. The monoisotopic (exact) mass is 476 g/mol. The number of aromatic nitrogens is 3. The third kappa shape index (κ3) is 4.86. The molecule has 0 bridgehead atoms. The number of rotatable bonds is 5.